The SMILES string of the molecule is C=CC[C@@H]1C[C@H]1OC(=O)N[C@H](C(=O)OC[C@@H](C)c1ccccc1)C(C)(C)C. The summed E-state index contributed by atoms with van der Waals surface area (Å²) in [6.07, 6.45) is 2.85. The lowest BCUT2D eigenvalue weighted by molar-refractivity contribution is -0.149. The van der Waals surface area contributed by atoms with Crippen molar-refractivity contribution in [1.29, 1.82) is 0 Å². The second-order valence-corrected chi connectivity index (χ2v) is 8.35. The summed E-state index contributed by atoms with van der Waals surface area (Å²) >= 11 is 0. The lowest BCUT2D eigenvalue weighted by Crippen LogP contribution is -2.50. The molecule has 0 saturated heterocycles. The summed E-state index contributed by atoms with van der Waals surface area (Å²) in [6.45, 7) is 11.6. The number of carbonyl (C=O) groups is 2. The van der Waals surface area contributed by atoms with Crippen LogP contribution >= 0.6 is 0 Å². The van der Waals surface area contributed by atoms with Crippen LogP contribution in [0.2, 0.25) is 0 Å². The normalized spacial score (nSPS) is 20.9. The van der Waals surface area contributed by atoms with Gasteiger partial charge in [0, 0.05) is 11.8 Å². The van der Waals surface area contributed by atoms with E-state index < -0.39 is 23.5 Å². The molecule has 0 radical (unpaired) electrons. The molecule has 0 heterocycles. The van der Waals surface area contributed by atoms with Crippen molar-refractivity contribution in [3.8, 4) is 0 Å². The standard InChI is InChI=1S/C22H31NO4/c1-6-10-17-13-18(17)27-21(25)23-19(22(3,4)5)20(24)26-14-15(2)16-11-8-7-9-12-16/h6-9,11-12,15,17-19H,1,10,13-14H2,2-5H3,(H,23,25)/t15-,17-,18-,19-/m1/s1. The minimum Gasteiger partial charge on any atom is -0.464 e. The second kappa shape index (κ2) is 9.07. The number of rotatable bonds is 8. The van der Waals surface area contributed by atoms with Gasteiger partial charge < -0.3 is 14.8 Å². The Balaban J connectivity index is 1.88. The molecule has 0 aliphatic heterocycles. The largest absolute Gasteiger partial charge is 0.464 e. The van der Waals surface area contributed by atoms with Gasteiger partial charge in [0.25, 0.3) is 0 Å². The minimum atomic E-state index is -0.774. The molecule has 1 aromatic carbocycles. The summed E-state index contributed by atoms with van der Waals surface area (Å²) in [5.41, 5.74) is 0.614. The molecule has 0 aromatic heterocycles. The molecule has 1 fully saturated rings. The van der Waals surface area contributed by atoms with Crippen LogP contribution < -0.4 is 5.32 Å². The van der Waals surface area contributed by atoms with Gasteiger partial charge in [-0.15, -0.1) is 6.58 Å². The highest BCUT2D eigenvalue weighted by Gasteiger charge is 2.41. The number of esters is 1. The van der Waals surface area contributed by atoms with E-state index in [1.807, 2.05) is 64.1 Å². The average molecular weight is 373 g/mol. The first-order chi connectivity index (χ1) is 12.7. The summed E-state index contributed by atoms with van der Waals surface area (Å²) in [5, 5.41) is 2.69. The van der Waals surface area contributed by atoms with Crippen LogP contribution in [0.15, 0.2) is 43.0 Å². The monoisotopic (exact) mass is 373 g/mol. The number of allylic oxidation sites excluding steroid dienone is 1. The third-order valence-corrected chi connectivity index (χ3v) is 4.79. The fraction of sp³-hybridized carbons (Fsp3) is 0.545. The maximum Gasteiger partial charge on any atom is 0.408 e. The fourth-order valence-corrected chi connectivity index (χ4v) is 2.91. The fourth-order valence-electron chi connectivity index (χ4n) is 2.91. The smallest absolute Gasteiger partial charge is 0.408 e. The maximum absolute atomic E-state index is 12.6. The van der Waals surface area contributed by atoms with Crippen LogP contribution in [0.1, 0.15) is 52.0 Å². The Morgan fingerprint density at radius 2 is 1.96 bits per heavy atom. The maximum atomic E-state index is 12.6. The molecule has 27 heavy (non-hydrogen) atoms. The zero-order chi connectivity index (χ0) is 20.0. The van der Waals surface area contributed by atoms with Gasteiger partial charge in [-0.1, -0.05) is 64.1 Å². The van der Waals surface area contributed by atoms with Crippen LogP contribution in [0.3, 0.4) is 0 Å². The van der Waals surface area contributed by atoms with Crippen molar-refractivity contribution in [2.45, 2.75) is 58.6 Å². The summed E-state index contributed by atoms with van der Waals surface area (Å²) in [6, 6.07) is 9.10. The molecule has 4 atom stereocenters. The summed E-state index contributed by atoms with van der Waals surface area (Å²) in [7, 11) is 0. The number of alkyl carbamates (subject to hydrolysis) is 1. The van der Waals surface area contributed by atoms with Crippen molar-refractivity contribution in [1.82, 2.24) is 5.32 Å². The van der Waals surface area contributed by atoms with Crippen LogP contribution in [0, 0.1) is 11.3 Å². The van der Waals surface area contributed by atoms with Gasteiger partial charge in [-0.05, 0) is 23.8 Å². The first-order valence-corrected chi connectivity index (χ1v) is 9.52. The molecule has 1 aromatic rings. The average Bonchev–Trinajstić information content (AvgIpc) is 3.34. The molecule has 1 N–H and O–H groups in total. The summed E-state index contributed by atoms with van der Waals surface area (Å²) in [5.74, 6) is -0.0190. The van der Waals surface area contributed by atoms with E-state index >= 15 is 0 Å². The summed E-state index contributed by atoms with van der Waals surface area (Å²) < 4.78 is 10.9. The number of ether oxygens (including phenoxy) is 2. The molecule has 0 unspecified atom stereocenters. The topological polar surface area (TPSA) is 64.6 Å². The van der Waals surface area contributed by atoms with Gasteiger partial charge in [-0.2, -0.15) is 0 Å². The zero-order valence-electron chi connectivity index (χ0n) is 16.7. The highest BCUT2D eigenvalue weighted by Crippen LogP contribution is 2.37. The number of amides is 1. The number of nitrogens with one attached hydrogen (secondary N) is 1. The lowest BCUT2D eigenvalue weighted by atomic mass is 9.87. The van der Waals surface area contributed by atoms with Gasteiger partial charge in [0.1, 0.15) is 12.1 Å². The van der Waals surface area contributed by atoms with Gasteiger partial charge >= 0.3 is 12.1 Å². The van der Waals surface area contributed by atoms with Gasteiger partial charge in [0.05, 0.1) is 6.61 Å². The molecule has 1 amide bonds. The number of hydrogen-bond acceptors (Lipinski definition) is 4. The first kappa shape index (κ1) is 21.0. The van der Waals surface area contributed by atoms with Crippen LogP contribution in [0.4, 0.5) is 4.79 Å². The molecule has 0 bridgehead atoms. The van der Waals surface area contributed by atoms with E-state index in [2.05, 4.69) is 11.9 Å². The highest BCUT2D eigenvalue weighted by atomic mass is 16.6. The number of carbonyl (C=O) groups excluding carboxylic acids is 2. The van der Waals surface area contributed by atoms with E-state index in [0.717, 1.165) is 18.4 Å². The van der Waals surface area contributed by atoms with E-state index in [4.69, 9.17) is 9.47 Å². The Morgan fingerprint density at radius 3 is 2.56 bits per heavy atom. The van der Waals surface area contributed by atoms with E-state index in [-0.39, 0.29) is 18.6 Å². The Hall–Kier alpha value is -2.30. The predicted molar refractivity (Wildman–Crippen MR) is 105 cm³/mol. The van der Waals surface area contributed by atoms with E-state index in [0.29, 0.717) is 5.92 Å². The molecular formula is C22H31NO4. The zero-order valence-corrected chi connectivity index (χ0v) is 16.7. The molecule has 148 valence electrons. The van der Waals surface area contributed by atoms with Crippen LogP contribution in [-0.2, 0) is 14.3 Å². The second-order valence-electron chi connectivity index (χ2n) is 8.35. The van der Waals surface area contributed by atoms with Crippen molar-refractivity contribution in [3.63, 3.8) is 0 Å². The van der Waals surface area contributed by atoms with Gasteiger partial charge in [0.2, 0.25) is 0 Å². The molecular weight excluding hydrogens is 342 g/mol. The van der Waals surface area contributed by atoms with Crippen molar-refractivity contribution >= 4 is 12.1 Å². The van der Waals surface area contributed by atoms with E-state index in [1.54, 1.807) is 0 Å². The Labute approximate surface area is 162 Å². The minimum absolute atomic E-state index is 0.0776. The van der Waals surface area contributed by atoms with Crippen LogP contribution in [-0.4, -0.2) is 30.8 Å². The van der Waals surface area contributed by atoms with E-state index in [1.165, 1.54) is 0 Å². The molecule has 1 aliphatic rings. The highest BCUT2D eigenvalue weighted by molar-refractivity contribution is 5.82. The van der Waals surface area contributed by atoms with Gasteiger partial charge in [-0.25, -0.2) is 9.59 Å². The Morgan fingerprint density at radius 1 is 1.30 bits per heavy atom. The van der Waals surface area contributed by atoms with Crippen molar-refractivity contribution in [2.75, 3.05) is 6.61 Å². The molecule has 5 heteroatoms. The third-order valence-electron chi connectivity index (χ3n) is 4.79. The number of hydrogen-bond donors (Lipinski definition) is 1. The van der Waals surface area contributed by atoms with Gasteiger partial charge in [0.15, 0.2) is 0 Å². The third kappa shape index (κ3) is 6.42. The quantitative estimate of drug-likeness (QED) is 0.540. The molecule has 1 saturated carbocycles. The van der Waals surface area contributed by atoms with Crippen LogP contribution in [0.5, 0.6) is 0 Å². The molecule has 2 rings (SSSR count). The predicted octanol–water partition coefficient (Wildman–Crippen LogP) is 4.44. The lowest BCUT2D eigenvalue weighted by Gasteiger charge is -2.29. The van der Waals surface area contributed by atoms with Crippen molar-refractivity contribution in [2.24, 2.45) is 11.3 Å². The first-order valence-electron chi connectivity index (χ1n) is 9.52. The molecule has 5 nitrogen and oxygen atoms in total. The van der Waals surface area contributed by atoms with Crippen LogP contribution in [0.25, 0.3) is 0 Å². The van der Waals surface area contributed by atoms with Crippen molar-refractivity contribution in [3.05, 3.63) is 48.6 Å². The van der Waals surface area contributed by atoms with Gasteiger partial charge in [-0.3, -0.25) is 0 Å². The Kier molecular flexibility index (Phi) is 7.05. The number of benzene rings is 1. The molecule has 0 spiro atoms. The summed E-state index contributed by atoms with van der Waals surface area (Å²) in [4.78, 5) is 24.8. The Bertz CT molecular complexity index is 650. The van der Waals surface area contributed by atoms with E-state index in [9.17, 15) is 9.59 Å². The van der Waals surface area contributed by atoms with Crippen molar-refractivity contribution < 1.29 is 19.1 Å². The molecule has 1 aliphatic carbocycles.